The summed E-state index contributed by atoms with van der Waals surface area (Å²) in [5.41, 5.74) is 0. The Morgan fingerprint density at radius 2 is 2.00 bits per heavy atom. The van der Waals surface area contributed by atoms with E-state index in [4.69, 9.17) is 4.78 Å². The van der Waals surface area contributed by atoms with Gasteiger partial charge in [0, 0.05) is 6.92 Å². The average Bonchev–Trinajstić information content (AvgIpc) is 1.31. The van der Waals surface area contributed by atoms with E-state index in [0.29, 0.717) is 0 Å². The molecule has 0 amide bonds. The fourth-order valence-corrected chi connectivity index (χ4v) is 0. The van der Waals surface area contributed by atoms with Gasteiger partial charge < -0.3 is 0 Å². The minimum absolute atomic E-state index is 0.773. The summed E-state index contributed by atoms with van der Waals surface area (Å²) in [5.74, 6) is 0. The molecule has 0 heterocycles. The quantitative estimate of drug-likeness (QED) is 0.478. The Kier molecular flexibility index (Phi) is 1.47. The van der Waals surface area contributed by atoms with E-state index in [9.17, 15) is 12.9 Å². The maximum Gasteiger partial charge on any atom is 0.261 e. The van der Waals surface area contributed by atoms with Gasteiger partial charge in [-0.1, -0.05) is 0 Å². The lowest BCUT2D eigenvalue weighted by Gasteiger charge is -1.80. The van der Waals surface area contributed by atoms with E-state index in [0.717, 1.165) is 6.92 Å². The molecule has 0 aromatic rings. The number of carbonyl (C=O) groups excluding carboxylic acids is 1. The molecule has 0 aromatic carbocycles. The zero-order chi connectivity index (χ0) is 6.08. The summed E-state index contributed by atoms with van der Waals surface area (Å²) in [7, 11) is -4.38. The molecule has 0 saturated carbocycles. The number of hydrogen-bond acceptors (Lipinski definition) is 3. The second kappa shape index (κ2) is 1.57. The van der Waals surface area contributed by atoms with Gasteiger partial charge in [-0.05, 0) is 0 Å². The van der Waals surface area contributed by atoms with Gasteiger partial charge in [-0.15, -0.1) is 3.89 Å². The molecule has 0 aromatic heterocycles. The van der Waals surface area contributed by atoms with Crippen molar-refractivity contribution in [3.63, 3.8) is 0 Å². The first-order chi connectivity index (χ1) is 2.94. The van der Waals surface area contributed by atoms with Gasteiger partial charge in [0.15, 0.2) is 0 Å². The van der Waals surface area contributed by atoms with Crippen LogP contribution in [0.1, 0.15) is 6.92 Å². The van der Waals surface area contributed by atoms with Gasteiger partial charge in [0.05, 0.1) is 0 Å². The van der Waals surface area contributed by atoms with Crippen molar-refractivity contribution in [2.24, 2.45) is 0 Å². The van der Waals surface area contributed by atoms with Crippen LogP contribution in [0.2, 0.25) is 0 Å². The molecule has 1 N–H and O–H groups in total. The molecule has 0 radical (unpaired) electrons. The van der Waals surface area contributed by atoms with Gasteiger partial charge in [-0.2, -0.15) is 0 Å². The van der Waals surface area contributed by atoms with Gasteiger partial charge in [-0.25, -0.2) is 8.99 Å². The van der Waals surface area contributed by atoms with Crippen LogP contribution in [-0.2, 0) is 14.9 Å². The minimum atomic E-state index is -4.38. The Bertz CT molecular complexity index is 170. The van der Waals surface area contributed by atoms with Crippen molar-refractivity contribution >= 4 is 15.2 Å². The Morgan fingerprint density at radius 1 is 1.86 bits per heavy atom. The molecule has 0 rings (SSSR count). The predicted octanol–water partition coefficient (Wildman–Crippen LogP) is 0.464. The van der Waals surface area contributed by atoms with Crippen molar-refractivity contribution in [1.82, 2.24) is 0 Å². The first-order valence-corrected chi connectivity index (χ1v) is 2.89. The van der Waals surface area contributed by atoms with Crippen molar-refractivity contribution in [1.29, 1.82) is 4.78 Å². The maximum absolute atomic E-state index is 11.4. The van der Waals surface area contributed by atoms with E-state index in [-0.39, 0.29) is 0 Å². The van der Waals surface area contributed by atoms with E-state index >= 15 is 0 Å². The normalized spacial score (nSPS) is 18.0. The second-order valence-electron chi connectivity index (χ2n) is 0.978. The maximum atomic E-state index is 11.4. The lowest BCUT2D eigenvalue weighted by Crippen LogP contribution is -1.99. The Hall–Kier alpha value is -0.450. The number of halogens is 1. The molecule has 1 unspecified atom stereocenters. The number of carbonyl (C=O) groups is 1. The number of hydrogen-bond donors (Lipinski definition) is 1. The highest BCUT2D eigenvalue weighted by Gasteiger charge is 2.06. The lowest BCUT2D eigenvalue weighted by molar-refractivity contribution is -0.110. The first kappa shape index (κ1) is 6.55. The molecule has 7 heavy (non-hydrogen) atoms. The highest BCUT2D eigenvalue weighted by Crippen LogP contribution is 1.90. The van der Waals surface area contributed by atoms with Crippen LogP contribution >= 0.6 is 0 Å². The molecule has 1 atom stereocenters. The molecule has 5 heteroatoms. The molecule has 3 nitrogen and oxygen atoms in total. The third-order valence-electron chi connectivity index (χ3n) is 0.370. The fourth-order valence-electron chi connectivity index (χ4n) is 0. The molecule has 0 aliphatic heterocycles. The molecular formula is C2H4FNO2S. The van der Waals surface area contributed by atoms with E-state index in [1.807, 2.05) is 0 Å². The van der Waals surface area contributed by atoms with Gasteiger partial charge in [-0.3, -0.25) is 4.79 Å². The van der Waals surface area contributed by atoms with Gasteiger partial charge in [0.25, 0.3) is 15.2 Å². The van der Waals surface area contributed by atoms with Crippen LogP contribution in [0.3, 0.4) is 0 Å². The third kappa shape index (κ3) is 2.27. The van der Waals surface area contributed by atoms with E-state index in [1.54, 1.807) is 0 Å². The van der Waals surface area contributed by atoms with Crippen LogP contribution in [0, 0.1) is 4.78 Å². The van der Waals surface area contributed by atoms with Crippen molar-refractivity contribution in [2.45, 2.75) is 6.92 Å². The van der Waals surface area contributed by atoms with E-state index in [2.05, 4.69) is 0 Å². The van der Waals surface area contributed by atoms with Crippen LogP contribution in [0.15, 0.2) is 0 Å². The van der Waals surface area contributed by atoms with E-state index in [1.165, 1.54) is 0 Å². The summed E-state index contributed by atoms with van der Waals surface area (Å²) >= 11 is 0. The summed E-state index contributed by atoms with van der Waals surface area (Å²) in [6.45, 7) is 0.773. The molecule has 0 spiro atoms. The van der Waals surface area contributed by atoms with Crippen molar-refractivity contribution in [3.8, 4) is 0 Å². The molecule has 42 valence electrons. The summed E-state index contributed by atoms with van der Waals surface area (Å²) in [5, 5.41) is -1.23. The Labute approximate surface area is 40.8 Å². The lowest BCUT2D eigenvalue weighted by atomic mass is 10.9. The molecule has 0 fully saturated rings. The van der Waals surface area contributed by atoms with Crippen LogP contribution in [-0.4, -0.2) is 9.32 Å². The van der Waals surface area contributed by atoms with E-state index < -0.39 is 15.2 Å². The summed E-state index contributed by atoms with van der Waals surface area (Å²) in [4.78, 5) is 9.63. The number of rotatable bonds is 0. The molecule has 0 bridgehead atoms. The average molecular weight is 125 g/mol. The molecule has 0 aliphatic carbocycles. The van der Waals surface area contributed by atoms with Crippen molar-refractivity contribution in [2.75, 3.05) is 0 Å². The summed E-state index contributed by atoms with van der Waals surface area (Å²) in [6, 6.07) is 0. The summed E-state index contributed by atoms with van der Waals surface area (Å²) in [6.07, 6.45) is 0. The van der Waals surface area contributed by atoms with Crippen LogP contribution in [0.25, 0.3) is 0 Å². The van der Waals surface area contributed by atoms with Crippen LogP contribution < -0.4 is 0 Å². The van der Waals surface area contributed by atoms with Crippen LogP contribution in [0.4, 0.5) is 3.89 Å². The first-order valence-electron chi connectivity index (χ1n) is 1.43. The van der Waals surface area contributed by atoms with Crippen LogP contribution in [0.5, 0.6) is 0 Å². The highest BCUT2D eigenvalue weighted by molar-refractivity contribution is 8.02. The second-order valence-corrected chi connectivity index (χ2v) is 2.52. The zero-order valence-electron chi connectivity index (χ0n) is 3.60. The largest absolute Gasteiger partial charge is 0.281 e. The fraction of sp³-hybridized carbons (Fsp3) is 0.500. The Balaban J connectivity index is 4.43. The number of nitrogens with one attached hydrogen (secondary N) is 1. The molecule has 0 saturated heterocycles. The monoisotopic (exact) mass is 125 g/mol. The van der Waals surface area contributed by atoms with Gasteiger partial charge in [0.2, 0.25) is 0 Å². The van der Waals surface area contributed by atoms with Gasteiger partial charge in [0.1, 0.15) is 0 Å². The zero-order valence-corrected chi connectivity index (χ0v) is 4.42. The third-order valence-corrected chi connectivity index (χ3v) is 1.11. The SMILES string of the molecule is CC(=O)S(=N)(=O)F. The van der Waals surface area contributed by atoms with Crippen molar-refractivity contribution < 1.29 is 12.9 Å². The Morgan fingerprint density at radius 3 is 2.00 bits per heavy atom. The summed E-state index contributed by atoms with van der Waals surface area (Å²) < 4.78 is 26.8. The predicted molar refractivity (Wildman–Crippen MR) is 22.7 cm³/mol. The standard InChI is InChI=1S/C2H4FNO2S/c1-2(5)7(3,4)6/h4H,1H3. The molecular weight excluding hydrogens is 121 g/mol. The molecule has 0 aliphatic rings. The van der Waals surface area contributed by atoms with Gasteiger partial charge >= 0.3 is 0 Å². The van der Waals surface area contributed by atoms with Crippen molar-refractivity contribution in [3.05, 3.63) is 0 Å². The highest BCUT2D eigenvalue weighted by atomic mass is 32.3. The minimum Gasteiger partial charge on any atom is -0.281 e. The smallest absolute Gasteiger partial charge is 0.261 e. The topological polar surface area (TPSA) is 58.0 Å².